The normalized spacial score (nSPS) is 14.9. The zero-order chi connectivity index (χ0) is 19.2. The summed E-state index contributed by atoms with van der Waals surface area (Å²) in [5, 5.41) is 6.01. The third-order valence-corrected chi connectivity index (χ3v) is 5.25. The molecule has 1 aliphatic heterocycles. The van der Waals surface area contributed by atoms with Crippen molar-refractivity contribution in [3.63, 3.8) is 0 Å². The van der Waals surface area contributed by atoms with Crippen LogP contribution in [0, 0.1) is 13.8 Å². The molecular weight excluding hydrogens is 336 g/mol. The number of amides is 2. The highest BCUT2D eigenvalue weighted by molar-refractivity contribution is 5.93. The van der Waals surface area contributed by atoms with Crippen molar-refractivity contribution in [1.29, 1.82) is 0 Å². The van der Waals surface area contributed by atoms with Crippen LogP contribution in [0.4, 0.5) is 16.2 Å². The first-order valence-electron chi connectivity index (χ1n) is 9.74. The van der Waals surface area contributed by atoms with Crippen LogP contribution in [-0.2, 0) is 6.54 Å². The molecule has 5 heteroatoms. The van der Waals surface area contributed by atoms with Crippen LogP contribution in [0.25, 0.3) is 0 Å². The van der Waals surface area contributed by atoms with E-state index in [1.165, 1.54) is 11.1 Å². The fraction of sp³-hybridized carbons (Fsp3) is 0.409. The number of benzene rings is 2. The Hall–Kier alpha value is -2.53. The van der Waals surface area contributed by atoms with Gasteiger partial charge in [0.15, 0.2) is 0 Å². The Bertz CT molecular complexity index is 782. The summed E-state index contributed by atoms with van der Waals surface area (Å²) >= 11 is 0. The molecule has 0 unspecified atom stereocenters. The lowest BCUT2D eigenvalue weighted by atomic mass is 10.1. The van der Waals surface area contributed by atoms with Crippen molar-refractivity contribution in [3.05, 3.63) is 59.2 Å². The number of aryl methyl sites for hydroxylation is 2. The van der Waals surface area contributed by atoms with Crippen LogP contribution < -0.4 is 15.5 Å². The first-order chi connectivity index (χ1) is 13.1. The third kappa shape index (κ3) is 5.01. The molecule has 2 N–H and O–H groups in total. The van der Waals surface area contributed by atoms with Crippen LogP contribution in [0.1, 0.15) is 23.6 Å². The number of para-hydroxylation sites is 2. The molecule has 2 aromatic rings. The van der Waals surface area contributed by atoms with Gasteiger partial charge in [-0.15, -0.1) is 0 Å². The van der Waals surface area contributed by atoms with E-state index < -0.39 is 0 Å². The second-order valence-electron chi connectivity index (χ2n) is 7.18. The molecule has 2 aromatic carbocycles. The van der Waals surface area contributed by atoms with Gasteiger partial charge in [0.1, 0.15) is 0 Å². The Morgan fingerprint density at radius 3 is 2.48 bits per heavy atom. The molecule has 0 saturated carbocycles. The molecule has 0 aromatic heterocycles. The fourth-order valence-electron chi connectivity index (χ4n) is 3.55. The lowest BCUT2D eigenvalue weighted by Crippen LogP contribution is -2.46. The van der Waals surface area contributed by atoms with E-state index in [0.29, 0.717) is 6.54 Å². The minimum atomic E-state index is -0.172. The molecule has 0 atom stereocenters. The van der Waals surface area contributed by atoms with Gasteiger partial charge in [0.25, 0.3) is 0 Å². The van der Waals surface area contributed by atoms with E-state index >= 15 is 0 Å². The molecule has 0 radical (unpaired) electrons. The van der Waals surface area contributed by atoms with Crippen LogP contribution >= 0.6 is 0 Å². The SMILES string of the molecule is CCN1CCN(c2ccccc2NC(=O)NCc2ccc(C)cc2C)CC1. The number of hydrogen-bond donors (Lipinski definition) is 2. The highest BCUT2D eigenvalue weighted by Gasteiger charge is 2.18. The molecule has 0 aliphatic carbocycles. The van der Waals surface area contributed by atoms with E-state index in [1.54, 1.807) is 0 Å². The summed E-state index contributed by atoms with van der Waals surface area (Å²) in [6, 6.07) is 14.2. The highest BCUT2D eigenvalue weighted by atomic mass is 16.2. The van der Waals surface area contributed by atoms with Gasteiger partial charge < -0.3 is 20.4 Å². The molecule has 1 fully saturated rings. The molecule has 5 nitrogen and oxygen atoms in total. The van der Waals surface area contributed by atoms with Gasteiger partial charge in [-0.2, -0.15) is 0 Å². The first-order valence-corrected chi connectivity index (χ1v) is 9.74. The van der Waals surface area contributed by atoms with Gasteiger partial charge in [-0.25, -0.2) is 4.79 Å². The molecule has 1 aliphatic rings. The number of nitrogens with one attached hydrogen (secondary N) is 2. The number of nitrogens with zero attached hydrogens (tertiary/aromatic N) is 2. The van der Waals surface area contributed by atoms with Gasteiger partial charge in [0, 0.05) is 32.7 Å². The summed E-state index contributed by atoms with van der Waals surface area (Å²) in [6.45, 7) is 12.1. The van der Waals surface area contributed by atoms with Gasteiger partial charge >= 0.3 is 6.03 Å². The average Bonchev–Trinajstić information content (AvgIpc) is 2.68. The van der Waals surface area contributed by atoms with Crippen molar-refractivity contribution < 1.29 is 4.79 Å². The van der Waals surface area contributed by atoms with E-state index in [9.17, 15) is 4.79 Å². The Balaban J connectivity index is 1.61. The Labute approximate surface area is 162 Å². The fourth-order valence-corrected chi connectivity index (χ4v) is 3.55. The predicted molar refractivity (Wildman–Crippen MR) is 113 cm³/mol. The summed E-state index contributed by atoms with van der Waals surface area (Å²) in [5.41, 5.74) is 5.53. The summed E-state index contributed by atoms with van der Waals surface area (Å²) in [5.74, 6) is 0. The summed E-state index contributed by atoms with van der Waals surface area (Å²) < 4.78 is 0. The minimum Gasteiger partial charge on any atom is -0.367 e. The van der Waals surface area contributed by atoms with E-state index in [0.717, 1.165) is 49.7 Å². The largest absolute Gasteiger partial charge is 0.367 e. The molecular formula is C22H30N4O. The van der Waals surface area contributed by atoms with Crippen LogP contribution in [0.5, 0.6) is 0 Å². The van der Waals surface area contributed by atoms with Crippen LogP contribution in [0.15, 0.2) is 42.5 Å². The second kappa shape index (κ2) is 8.91. The number of urea groups is 1. The minimum absolute atomic E-state index is 0.172. The number of carbonyl (C=O) groups is 1. The maximum absolute atomic E-state index is 12.4. The quantitative estimate of drug-likeness (QED) is 0.847. The number of piperazine rings is 1. The Morgan fingerprint density at radius 2 is 1.78 bits per heavy atom. The standard InChI is InChI=1S/C22H30N4O/c1-4-25-11-13-26(14-12-25)21-8-6-5-7-20(21)24-22(27)23-16-19-10-9-17(2)15-18(19)3/h5-10,15H,4,11-14,16H2,1-3H3,(H2,23,24,27). The molecule has 0 spiro atoms. The van der Waals surface area contributed by atoms with Gasteiger partial charge in [-0.1, -0.05) is 42.8 Å². The second-order valence-corrected chi connectivity index (χ2v) is 7.18. The molecule has 0 bridgehead atoms. The molecule has 1 saturated heterocycles. The van der Waals surface area contributed by atoms with E-state index in [2.05, 4.69) is 65.5 Å². The highest BCUT2D eigenvalue weighted by Crippen LogP contribution is 2.26. The number of rotatable bonds is 5. The lowest BCUT2D eigenvalue weighted by molar-refractivity contribution is 0.251. The summed E-state index contributed by atoms with van der Waals surface area (Å²) in [4.78, 5) is 17.2. The van der Waals surface area contributed by atoms with Crippen molar-refractivity contribution in [1.82, 2.24) is 10.2 Å². The first kappa shape index (κ1) is 19.2. The predicted octanol–water partition coefficient (Wildman–Crippen LogP) is 3.77. The van der Waals surface area contributed by atoms with Crippen molar-refractivity contribution in [2.24, 2.45) is 0 Å². The zero-order valence-corrected chi connectivity index (χ0v) is 16.6. The van der Waals surface area contributed by atoms with Gasteiger partial charge in [0.2, 0.25) is 0 Å². The van der Waals surface area contributed by atoms with Crippen LogP contribution in [-0.4, -0.2) is 43.7 Å². The van der Waals surface area contributed by atoms with Gasteiger partial charge in [-0.05, 0) is 43.7 Å². The molecule has 1 heterocycles. The molecule has 3 rings (SSSR count). The molecule has 2 amide bonds. The zero-order valence-electron chi connectivity index (χ0n) is 16.6. The van der Waals surface area contributed by atoms with Crippen molar-refractivity contribution in [2.45, 2.75) is 27.3 Å². The van der Waals surface area contributed by atoms with Gasteiger partial charge in [-0.3, -0.25) is 0 Å². The van der Waals surface area contributed by atoms with Crippen molar-refractivity contribution >= 4 is 17.4 Å². The summed E-state index contributed by atoms with van der Waals surface area (Å²) in [6.07, 6.45) is 0. The Kier molecular flexibility index (Phi) is 6.35. The van der Waals surface area contributed by atoms with Crippen molar-refractivity contribution in [2.75, 3.05) is 42.9 Å². The molecule has 27 heavy (non-hydrogen) atoms. The third-order valence-electron chi connectivity index (χ3n) is 5.25. The maximum atomic E-state index is 12.4. The van der Waals surface area contributed by atoms with E-state index in [-0.39, 0.29) is 6.03 Å². The summed E-state index contributed by atoms with van der Waals surface area (Å²) in [7, 11) is 0. The van der Waals surface area contributed by atoms with E-state index in [4.69, 9.17) is 0 Å². The smallest absolute Gasteiger partial charge is 0.319 e. The average molecular weight is 367 g/mol. The molecule has 144 valence electrons. The van der Waals surface area contributed by atoms with Gasteiger partial charge in [0.05, 0.1) is 11.4 Å². The van der Waals surface area contributed by atoms with E-state index in [1.807, 2.05) is 18.2 Å². The lowest BCUT2D eigenvalue weighted by Gasteiger charge is -2.36. The topological polar surface area (TPSA) is 47.6 Å². The number of likely N-dealkylation sites (N-methyl/N-ethyl adjacent to an activating group) is 1. The van der Waals surface area contributed by atoms with Crippen LogP contribution in [0.3, 0.4) is 0 Å². The van der Waals surface area contributed by atoms with Crippen molar-refractivity contribution in [3.8, 4) is 0 Å². The number of carbonyl (C=O) groups excluding carboxylic acids is 1. The number of hydrogen-bond acceptors (Lipinski definition) is 3. The maximum Gasteiger partial charge on any atom is 0.319 e. The number of anilines is 2. The Morgan fingerprint density at radius 1 is 1.04 bits per heavy atom. The monoisotopic (exact) mass is 366 g/mol. The van der Waals surface area contributed by atoms with Crippen LogP contribution in [0.2, 0.25) is 0 Å².